The second-order valence-electron chi connectivity index (χ2n) is 1.99. The first-order valence-corrected chi connectivity index (χ1v) is 5.44. The molecule has 0 aromatic heterocycles. The maximum atomic E-state index is 11.5. The zero-order chi connectivity index (χ0) is 8.36. The first kappa shape index (κ1) is 9.48. The third-order valence-corrected chi connectivity index (χ3v) is 1.32. The largest absolute Gasteiger partial charge is 0.531 e. The molecule has 0 aromatic rings. The van der Waals surface area contributed by atoms with Crippen LogP contribution in [0.5, 0.6) is 0 Å². The molecule has 0 radical (unpaired) electrons. The van der Waals surface area contributed by atoms with Crippen LogP contribution in [-0.2, 0) is 4.43 Å². The van der Waals surface area contributed by atoms with E-state index >= 15 is 0 Å². The van der Waals surface area contributed by atoms with E-state index in [1.807, 2.05) is 0 Å². The monoisotopic (exact) mass is 171 g/mol. The minimum absolute atomic E-state index is 1.57. The van der Waals surface area contributed by atoms with Gasteiger partial charge >= 0.3 is 6.18 Å². The lowest BCUT2D eigenvalue weighted by molar-refractivity contribution is -0.0721. The Morgan fingerprint density at radius 1 is 1.40 bits per heavy atom. The van der Waals surface area contributed by atoms with Crippen molar-refractivity contribution < 1.29 is 17.6 Å². The Bertz CT molecular complexity index is 133. The van der Waals surface area contributed by atoms with Crippen LogP contribution in [0, 0.1) is 5.41 Å². The molecule has 2 nitrogen and oxygen atoms in total. The summed E-state index contributed by atoms with van der Waals surface area (Å²) in [6.07, 6.45) is -4.61. The summed E-state index contributed by atoms with van der Waals surface area (Å²) in [6.45, 7) is 3.14. The van der Waals surface area contributed by atoms with Gasteiger partial charge < -0.3 is 4.43 Å². The van der Waals surface area contributed by atoms with Crippen LogP contribution in [0.15, 0.2) is 0 Å². The average molecular weight is 171 g/mol. The molecule has 0 aliphatic heterocycles. The molecule has 0 rings (SSSR count). The van der Waals surface area contributed by atoms with Gasteiger partial charge in [-0.15, -0.1) is 0 Å². The summed E-state index contributed by atoms with van der Waals surface area (Å²) in [6, 6.07) is 0. The topological polar surface area (TPSA) is 33.1 Å². The fourth-order valence-electron chi connectivity index (χ4n) is 0.303. The molecule has 0 aliphatic rings. The Hall–Kier alpha value is -0.523. The van der Waals surface area contributed by atoms with Crippen molar-refractivity contribution in [2.24, 2.45) is 0 Å². The van der Waals surface area contributed by atoms with Crippen LogP contribution in [0.4, 0.5) is 13.2 Å². The first-order chi connectivity index (χ1) is 4.34. The normalized spacial score (nSPS) is 11.8. The lowest BCUT2D eigenvalue weighted by atomic mass is 10.7. The average Bonchev–Trinajstić information content (AvgIpc) is 1.60. The molecule has 0 unspecified atom stereocenters. The lowest BCUT2D eigenvalue weighted by Crippen LogP contribution is -2.28. The van der Waals surface area contributed by atoms with E-state index in [1.54, 1.807) is 13.1 Å². The SMILES string of the molecule is C[SiH](C)OC(=N)C(F)(F)F. The molecule has 0 saturated carbocycles. The van der Waals surface area contributed by atoms with E-state index in [0.29, 0.717) is 0 Å². The highest BCUT2D eigenvalue weighted by atomic mass is 28.3. The summed E-state index contributed by atoms with van der Waals surface area (Å²) in [7, 11) is -1.77. The van der Waals surface area contributed by atoms with Gasteiger partial charge in [-0.25, -0.2) is 0 Å². The third-order valence-electron chi connectivity index (χ3n) is 0.611. The highest BCUT2D eigenvalue weighted by molar-refractivity contribution is 6.50. The molecule has 6 heteroatoms. The minimum atomic E-state index is -4.61. The smallest absolute Gasteiger partial charge is 0.466 e. The third kappa shape index (κ3) is 3.49. The molecule has 0 bridgehead atoms. The standard InChI is InChI=1S/C4H8F3NOSi/c1-10(2)9-3(8)4(5,6)7/h8,10H,1-2H3. The van der Waals surface area contributed by atoms with Crippen LogP contribution in [0.1, 0.15) is 0 Å². The Kier molecular flexibility index (Phi) is 2.88. The second-order valence-corrected chi connectivity index (χ2v) is 4.33. The van der Waals surface area contributed by atoms with Gasteiger partial charge in [0.2, 0.25) is 9.04 Å². The summed E-state index contributed by atoms with van der Waals surface area (Å²) in [5.74, 6) is -1.57. The number of hydrogen-bond donors (Lipinski definition) is 1. The van der Waals surface area contributed by atoms with Crippen molar-refractivity contribution in [2.45, 2.75) is 19.3 Å². The van der Waals surface area contributed by atoms with E-state index in [1.165, 1.54) is 0 Å². The van der Waals surface area contributed by atoms with Gasteiger partial charge in [-0.3, -0.25) is 5.41 Å². The fraction of sp³-hybridized carbons (Fsp3) is 0.750. The van der Waals surface area contributed by atoms with E-state index < -0.39 is 21.1 Å². The molecule has 0 saturated heterocycles. The van der Waals surface area contributed by atoms with Crippen molar-refractivity contribution in [2.75, 3.05) is 0 Å². The molecule has 0 amide bonds. The van der Waals surface area contributed by atoms with Gasteiger partial charge in [0, 0.05) is 0 Å². The summed E-state index contributed by atoms with van der Waals surface area (Å²) < 4.78 is 38.7. The van der Waals surface area contributed by atoms with Crippen LogP contribution in [0.2, 0.25) is 13.1 Å². The zero-order valence-corrected chi connectivity index (χ0v) is 6.77. The van der Waals surface area contributed by atoms with Crippen LogP contribution in [-0.4, -0.2) is 21.1 Å². The molecular weight excluding hydrogens is 163 g/mol. The van der Waals surface area contributed by atoms with Crippen LogP contribution in [0.25, 0.3) is 0 Å². The summed E-state index contributed by atoms with van der Waals surface area (Å²) >= 11 is 0. The van der Waals surface area contributed by atoms with Gasteiger partial charge in [0.05, 0.1) is 0 Å². The predicted molar refractivity (Wildman–Crippen MR) is 33.7 cm³/mol. The van der Waals surface area contributed by atoms with Gasteiger partial charge in [-0.1, -0.05) is 0 Å². The van der Waals surface area contributed by atoms with E-state index in [4.69, 9.17) is 5.41 Å². The molecule has 0 aliphatic carbocycles. The summed E-state index contributed by atoms with van der Waals surface area (Å²) in [5, 5.41) is 6.36. The maximum absolute atomic E-state index is 11.5. The molecule has 0 spiro atoms. The second kappa shape index (κ2) is 3.04. The van der Waals surface area contributed by atoms with Crippen molar-refractivity contribution in [3.8, 4) is 0 Å². The molecule has 1 N–H and O–H groups in total. The highest BCUT2D eigenvalue weighted by Gasteiger charge is 2.36. The van der Waals surface area contributed by atoms with E-state index in [2.05, 4.69) is 4.43 Å². The fourth-order valence-corrected chi connectivity index (χ4v) is 0.908. The van der Waals surface area contributed by atoms with E-state index in [0.717, 1.165) is 0 Å². The van der Waals surface area contributed by atoms with Gasteiger partial charge in [0.1, 0.15) is 0 Å². The Labute approximate surface area is 58.2 Å². The highest BCUT2D eigenvalue weighted by Crippen LogP contribution is 2.16. The van der Waals surface area contributed by atoms with Crippen molar-refractivity contribution >= 4 is 14.9 Å². The zero-order valence-electron chi connectivity index (χ0n) is 5.62. The Morgan fingerprint density at radius 3 is 1.90 bits per heavy atom. The minimum Gasteiger partial charge on any atom is -0.531 e. The molecule has 0 fully saturated rings. The molecule has 0 heterocycles. The van der Waals surface area contributed by atoms with E-state index in [-0.39, 0.29) is 0 Å². The molecule has 0 atom stereocenters. The van der Waals surface area contributed by atoms with Gasteiger partial charge in [-0.2, -0.15) is 13.2 Å². The quantitative estimate of drug-likeness (QED) is 0.362. The molecule has 60 valence electrons. The van der Waals surface area contributed by atoms with Crippen molar-refractivity contribution in [3.63, 3.8) is 0 Å². The maximum Gasteiger partial charge on any atom is 0.466 e. The number of rotatable bonds is 1. The van der Waals surface area contributed by atoms with Crippen LogP contribution >= 0.6 is 0 Å². The first-order valence-electron chi connectivity index (χ1n) is 2.66. The Morgan fingerprint density at radius 2 is 1.80 bits per heavy atom. The van der Waals surface area contributed by atoms with Gasteiger partial charge in [-0.05, 0) is 13.1 Å². The Balaban J connectivity index is 3.87. The predicted octanol–water partition coefficient (Wildman–Crippen LogP) is 1.53. The summed E-state index contributed by atoms with van der Waals surface area (Å²) in [5.41, 5.74) is 0. The number of nitrogens with one attached hydrogen (secondary N) is 1. The molecular formula is C4H8F3NOSi. The van der Waals surface area contributed by atoms with Crippen molar-refractivity contribution in [3.05, 3.63) is 0 Å². The summed E-state index contributed by atoms with van der Waals surface area (Å²) in [4.78, 5) is 0. The van der Waals surface area contributed by atoms with Crippen molar-refractivity contribution in [1.29, 1.82) is 5.41 Å². The van der Waals surface area contributed by atoms with Gasteiger partial charge in [0.25, 0.3) is 5.90 Å². The number of halogens is 3. The number of hydrogen-bond acceptors (Lipinski definition) is 2. The molecule has 10 heavy (non-hydrogen) atoms. The lowest BCUT2D eigenvalue weighted by Gasteiger charge is -2.11. The van der Waals surface area contributed by atoms with Crippen LogP contribution in [0.3, 0.4) is 0 Å². The van der Waals surface area contributed by atoms with Crippen molar-refractivity contribution in [1.82, 2.24) is 0 Å². The van der Waals surface area contributed by atoms with Gasteiger partial charge in [0.15, 0.2) is 0 Å². The van der Waals surface area contributed by atoms with E-state index in [9.17, 15) is 13.2 Å². The van der Waals surface area contributed by atoms with Crippen LogP contribution < -0.4 is 0 Å². The molecule has 0 aromatic carbocycles. The number of alkyl halides is 3.